The number of allylic oxidation sites excluding steroid dienone is 1. The second-order valence-corrected chi connectivity index (χ2v) is 4.14. The molecule has 1 heterocycles. The van der Waals surface area contributed by atoms with Crippen LogP contribution in [0.15, 0.2) is 36.2 Å². The first-order valence-electron chi connectivity index (χ1n) is 5.72. The van der Waals surface area contributed by atoms with Crippen molar-refractivity contribution in [2.24, 2.45) is 5.73 Å². The van der Waals surface area contributed by atoms with Gasteiger partial charge < -0.3 is 5.73 Å². The molecule has 0 aliphatic heterocycles. The van der Waals surface area contributed by atoms with Crippen molar-refractivity contribution >= 4 is 0 Å². The second-order valence-electron chi connectivity index (χ2n) is 4.14. The maximum atomic E-state index is 6.24. The molecule has 2 rings (SSSR count). The molecule has 0 fully saturated rings. The van der Waals surface area contributed by atoms with E-state index in [1.807, 2.05) is 24.5 Å². The number of pyridine rings is 1. The van der Waals surface area contributed by atoms with E-state index in [2.05, 4.69) is 11.1 Å². The Morgan fingerprint density at radius 2 is 1.93 bits per heavy atom. The SMILES string of the molecule is NC(C1=CCCCCC1)c1ccncc1. The fourth-order valence-corrected chi connectivity index (χ4v) is 2.11. The van der Waals surface area contributed by atoms with Crippen LogP contribution in [-0.2, 0) is 0 Å². The highest BCUT2D eigenvalue weighted by Crippen LogP contribution is 2.26. The lowest BCUT2D eigenvalue weighted by atomic mass is 9.97. The predicted octanol–water partition coefficient (Wildman–Crippen LogP) is 2.97. The number of rotatable bonds is 2. The number of aromatic nitrogens is 1. The molecule has 0 amide bonds. The minimum atomic E-state index is 0.0751. The van der Waals surface area contributed by atoms with Gasteiger partial charge in [0.25, 0.3) is 0 Å². The maximum absolute atomic E-state index is 6.24. The Labute approximate surface area is 91.2 Å². The molecule has 15 heavy (non-hydrogen) atoms. The number of hydrogen-bond acceptors (Lipinski definition) is 2. The molecule has 0 spiro atoms. The van der Waals surface area contributed by atoms with E-state index in [9.17, 15) is 0 Å². The Kier molecular flexibility index (Phi) is 3.51. The summed E-state index contributed by atoms with van der Waals surface area (Å²) in [5.74, 6) is 0. The molecule has 1 unspecified atom stereocenters. The summed E-state index contributed by atoms with van der Waals surface area (Å²) in [5, 5.41) is 0. The summed E-state index contributed by atoms with van der Waals surface area (Å²) in [6.45, 7) is 0. The monoisotopic (exact) mass is 202 g/mol. The molecule has 1 aliphatic rings. The van der Waals surface area contributed by atoms with E-state index in [4.69, 9.17) is 5.73 Å². The van der Waals surface area contributed by atoms with Gasteiger partial charge >= 0.3 is 0 Å². The Balaban J connectivity index is 2.13. The van der Waals surface area contributed by atoms with Crippen LogP contribution in [0.5, 0.6) is 0 Å². The largest absolute Gasteiger partial charge is 0.321 e. The Morgan fingerprint density at radius 1 is 1.13 bits per heavy atom. The van der Waals surface area contributed by atoms with Crippen molar-refractivity contribution in [1.82, 2.24) is 4.98 Å². The molecule has 0 saturated carbocycles. The number of nitrogens with zero attached hydrogens (tertiary/aromatic N) is 1. The minimum Gasteiger partial charge on any atom is -0.321 e. The lowest BCUT2D eigenvalue weighted by Gasteiger charge is -2.15. The van der Waals surface area contributed by atoms with Gasteiger partial charge in [-0.05, 0) is 43.4 Å². The number of nitrogens with two attached hydrogens (primary N) is 1. The van der Waals surface area contributed by atoms with Crippen molar-refractivity contribution in [2.75, 3.05) is 0 Å². The molecule has 80 valence electrons. The molecule has 1 aromatic rings. The van der Waals surface area contributed by atoms with Crippen LogP contribution in [0.3, 0.4) is 0 Å². The summed E-state index contributed by atoms with van der Waals surface area (Å²) in [7, 11) is 0. The van der Waals surface area contributed by atoms with Gasteiger partial charge in [-0.15, -0.1) is 0 Å². The van der Waals surface area contributed by atoms with Gasteiger partial charge in [0.2, 0.25) is 0 Å². The van der Waals surface area contributed by atoms with Gasteiger partial charge in [-0.2, -0.15) is 0 Å². The van der Waals surface area contributed by atoms with Gasteiger partial charge in [-0.25, -0.2) is 0 Å². The molecule has 2 N–H and O–H groups in total. The van der Waals surface area contributed by atoms with E-state index < -0.39 is 0 Å². The van der Waals surface area contributed by atoms with E-state index in [1.54, 1.807) is 0 Å². The molecule has 0 bridgehead atoms. The molecule has 0 radical (unpaired) electrons. The van der Waals surface area contributed by atoms with Crippen molar-refractivity contribution in [3.8, 4) is 0 Å². The summed E-state index contributed by atoms with van der Waals surface area (Å²) in [4.78, 5) is 4.02. The summed E-state index contributed by atoms with van der Waals surface area (Å²) in [6.07, 6.45) is 12.2. The molecule has 0 aromatic carbocycles. The van der Waals surface area contributed by atoms with E-state index >= 15 is 0 Å². The van der Waals surface area contributed by atoms with Crippen molar-refractivity contribution < 1.29 is 0 Å². The molecular weight excluding hydrogens is 184 g/mol. The molecule has 1 atom stereocenters. The number of hydrogen-bond donors (Lipinski definition) is 1. The fraction of sp³-hybridized carbons (Fsp3) is 0.462. The zero-order chi connectivity index (χ0) is 10.5. The zero-order valence-corrected chi connectivity index (χ0v) is 9.02. The summed E-state index contributed by atoms with van der Waals surface area (Å²) in [5.41, 5.74) is 8.82. The summed E-state index contributed by atoms with van der Waals surface area (Å²) in [6, 6.07) is 4.10. The highest BCUT2D eigenvalue weighted by atomic mass is 14.7. The smallest absolute Gasteiger partial charge is 0.0512 e. The molecule has 1 aliphatic carbocycles. The van der Waals surface area contributed by atoms with Gasteiger partial charge in [-0.3, -0.25) is 4.98 Å². The third-order valence-corrected chi connectivity index (χ3v) is 3.04. The first-order valence-corrected chi connectivity index (χ1v) is 5.72. The quantitative estimate of drug-likeness (QED) is 0.749. The van der Waals surface area contributed by atoms with Gasteiger partial charge in [0, 0.05) is 12.4 Å². The summed E-state index contributed by atoms with van der Waals surface area (Å²) >= 11 is 0. The molecule has 0 saturated heterocycles. The van der Waals surface area contributed by atoms with Crippen LogP contribution in [0.1, 0.15) is 43.7 Å². The third kappa shape index (κ3) is 2.66. The first-order chi connectivity index (χ1) is 7.38. The van der Waals surface area contributed by atoms with E-state index in [0.717, 1.165) is 6.42 Å². The normalized spacial score (nSPS) is 19.1. The van der Waals surface area contributed by atoms with Crippen molar-refractivity contribution in [2.45, 2.75) is 38.1 Å². The minimum absolute atomic E-state index is 0.0751. The Bertz CT molecular complexity index is 330. The van der Waals surface area contributed by atoms with Gasteiger partial charge in [0.05, 0.1) is 6.04 Å². The Morgan fingerprint density at radius 3 is 2.73 bits per heavy atom. The van der Waals surface area contributed by atoms with Crippen LogP contribution in [0.25, 0.3) is 0 Å². The molecular formula is C13H18N2. The van der Waals surface area contributed by atoms with Gasteiger partial charge in [0.15, 0.2) is 0 Å². The van der Waals surface area contributed by atoms with Crippen LogP contribution in [0, 0.1) is 0 Å². The standard InChI is InChI=1S/C13H18N2/c14-13(12-7-9-15-10-8-12)11-5-3-1-2-4-6-11/h5,7-10,13H,1-4,6,14H2. The topological polar surface area (TPSA) is 38.9 Å². The third-order valence-electron chi connectivity index (χ3n) is 3.04. The van der Waals surface area contributed by atoms with Crippen LogP contribution in [0.2, 0.25) is 0 Å². The predicted molar refractivity (Wildman–Crippen MR) is 62.3 cm³/mol. The lowest BCUT2D eigenvalue weighted by Crippen LogP contribution is -2.13. The van der Waals surface area contributed by atoms with E-state index in [1.165, 1.54) is 36.8 Å². The van der Waals surface area contributed by atoms with Crippen LogP contribution >= 0.6 is 0 Å². The lowest BCUT2D eigenvalue weighted by molar-refractivity contribution is 0.688. The van der Waals surface area contributed by atoms with Crippen LogP contribution < -0.4 is 5.73 Å². The molecule has 2 heteroatoms. The highest BCUT2D eigenvalue weighted by Gasteiger charge is 2.12. The maximum Gasteiger partial charge on any atom is 0.0512 e. The second kappa shape index (κ2) is 5.08. The van der Waals surface area contributed by atoms with Gasteiger partial charge in [0.1, 0.15) is 0 Å². The fourth-order valence-electron chi connectivity index (χ4n) is 2.11. The van der Waals surface area contributed by atoms with Crippen LogP contribution in [-0.4, -0.2) is 4.98 Å². The van der Waals surface area contributed by atoms with Crippen molar-refractivity contribution in [3.63, 3.8) is 0 Å². The average Bonchev–Trinajstić information content (AvgIpc) is 2.58. The van der Waals surface area contributed by atoms with Crippen molar-refractivity contribution in [3.05, 3.63) is 41.7 Å². The van der Waals surface area contributed by atoms with Gasteiger partial charge in [-0.1, -0.05) is 18.1 Å². The van der Waals surface area contributed by atoms with Crippen molar-refractivity contribution in [1.29, 1.82) is 0 Å². The Hall–Kier alpha value is -1.15. The highest BCUT2D eigenvalue weighted by molar-refractivity contribution is 5.26. The summed E-state index contributed by atoms with van der Waals surface area (Å²) < 4.78 is 0. The van der Waals surface area contributed by atoms with E-state index in [0.29, 0.717) is 0 Å². The average molecular weight is 202 g/mol. The molecule has 2 nitrogen and oxygen atoms in total. The first kappa shape index (κ1) is 10.4. The zero-order valence-electron chi connectivity index (χ0n) is 9.02. The molecule has 1 aromatic heterocycles. The van der Waals surface area contributed by atoms with E-state index in [-0.39, 0.29) is 6.04 Å². The van der Waals surface area contributed by atoms with Crippen LogP contribution in [0.4, 0.5) is 0 Å².